The smallest absolute Gasteiger partial charge is 0.255 e. The zero-order chi connectivity index (χ0) is 24.2. The maximum atomic E-state index is 12.9. The molecule has 33 heavy (non-hydrogen) atoms. The monoisotopic (exact) mass is 478 g/mol. The van der Waals surface area contributed by atoms with Gasteiger partial charge >= 0.3 is 0 Å². The first kappa shape index (κ1) is 25.9. The molecule has 178 valence electrons. The normalized spacial score (nSPS) is 12.1. The molecule has 2 rings (SSSR count). The van der Waals surface area contributed by atoms with Crippen LogP contribution in [0.15, 0.2) is 47.5 Å². The zero-order valence-corrected chi connectivity index (χ0v) is 19.3. The fraction of sp³-hybridized carbons (Fsp3) is 0.348. The van der Waals surface area contributed by atoms with Crippen molar-refractivity contribution < 1.29 is 23.5 Å². The Morgan fingerprint density at radius 1 is 1.15 bits per heavy atom. The Hall–Kier alpha value is -3.33. The fourth-order valence-electron chi connectivity index (χ4n) is 2.98. The van der Waals surface area contributed by atoms with Gasteiger partial charge in [-0.3, -0.25) is 14.6 Å². The number of nitrogens with zero attached hydrogens (tertiary/aromatic N) is 1. The molecule has 0 bridgehead atoms. The van der Waals surface area contributed by atoms with E-state index in [-0.39, 0.29) is 36.8 Å². The molecule has 0 aliphatic heterocycles. The van der Waals surface area contributed by atoms with E-state index < -0.39 is 18.6 Å². The summed E-state index contributed by atoms with van der Waals surface area (Å²) in [6.45, 7) is -0.339. The van der Waals surface area contributed by atoms with Crippen LogP contribution >= 0.6 is 11.6 Å². The number of benzene rings is 2. The molecule has 2 aromatic carbocycles. The molecule has 0 aliphatic carbocycles. The summed E-state index contributed by atoms with van der Waals surface area (Å²) in [6.07, 6.45) is 0.681. The largest absolute Gasteiger partial charge is 0.497 e. The van der Waals surface area contributed by atoms with Crippen LogP contribution in [0.3, 0.4) is 0 Å². The van der Waals surface area contributed by atoms with E-state index in [0.717, 1.165) is 5.56 Å². The van der Waals surface area contributed by atoms with Gasteiger partial charge in [0.05, 0.1) is 19.8 Å². The molecule has 10 heteroatoms. The van der Waals surface area contributed by atoms with E-state index in [4.69, 9.17) is 26.8 Å². The van der Waals surface area contributed by atoms with E-state index in [1.165, 1.54) is 13.2 Å². The van der Waals surface area contributed by atoms with Crippen LogP contribution in [0.5, 0.6) is 11.5 Å². The fourth-order valence-corrected chi connectivity index (χ4v) is 3.15. The quantitative estimate of drug-likeness (QED) is 0.246. The van der Waals surface area contributed by atoms with Crippen LogP contribution in [0.1, 0.15) is 28.8 Å². The molecule has 0 aliphatic rings. The topological polar surface area (TPSA) is 115 Å². The minimum absolute atomic E-state index is 0.108. The standard InChI is InChI=1S/C23H28ClFN4O4/c1-32-17-8-5-15(6-9-17)14-28-23(31)19(4-3-11-27-21(26)13-25)29-22(30)18-12-16(24)7-10-20(18)33-2/h5-10,12,19H,3-4,11,13-14H2,1-2H3,(H2,26,27)(H,28,31)(H,29,30). The van der Waals surface area contributed by atoms with Gasteiger partial charge in [-0.2, -0.15) is 0 Å². The van der Waals surface area contributed by atoms with Crippen molar-refractivity contribution in [2.24, 2.45) is 10.7 Å². The van der Waals surface area contributed by atoms with Gasteiger partial charge < -0.3 is 25.8 Å². The number of hydrogen-bond acceptors (Lipinski definition) is 5. The van der Waals surface area contributed by atoms with E-state index in [9.17, 15) is 14.0 Å². The Kier molecular flexibility index (Phi) is 10.4. The van der Waals surface area contributed by atoms with Crippen LogP contribution < -0.4 is 25.8 Å². The molecule has 0 radical (unpaired) electrons. The lowest BCUT2D eigenvalue weighted by Gasteiger charge is -2.19. The number of halogens is 2. The van der Waals surface area contributed by atoms with Gasteiger partial charge in [-0.15, -0.1) is 0 Å². The Balaban J connectivity index is 2.09. The molecule has 2 amide bonds. The van der Waals surface area contributed by atoms with Gasteiger partial charge in [0.1, 0.15) is 30.1 Å². The van der Waals surface area contributed by atoms with Gasteiger partial charge in [0.2, 0.25) is 5.91 Å². The molecular formula is C23H28ClFN4O4. The Morgan fingerprint density at radius 2 is 1.88 bits per heavy atom. The highest BCUT2D eigenvalue weighted by Gasteiger charge is 2.23. The zero-order valence-electron chi connectivity index (χ0n) is 18.6. The molecule has 2 aromatic rings. The number of aliphatic imine (C=N–C) groups is 1. The van der Waals surface area contributed by atoms with Crippen LogP contribution in [-0.4, -0.2) is 51.1 Å². The minimum atomic E-state index is -0.860. The van der Waals surface area contributed by atoms with Gasteiger partial charge in [-0.25, -0.2) is 4.39 Å². The molecule has 0 aromatic heterocycles. The van der Waals surface area contributed by atoms with Gasteiger partial charge in [0, 0.05) is 18.1 Å². The Bertz CT molecular complexity index is 969. The number of carbonyl (C=O) groups excluding carboxylic acids is 2. The summed E-state index contributed by atoms with van der Waals surface area (Å²) >= 11 is 6.02. The number of nitrogens with two attached hydrogens (primary N) is 1. The van der Waals surface area contributed by atoms with Crippen molar-refractivity contribution in [1.29, 1.82) is 0 Å². The molecule has 0 saturated carbocycles. The first-order valence-electron chi connectivity index (χ1n) is 10.3. The van der Waals surface area contributed by atoms with E-state index >= 15 is 0 Å². The molecule has 0 heterocycles. The van der Waals surface area contributed by atoms with Crippen LogP contribution in [0.4, 0.5) is 4.39 Å². The van der Waals surface area contributed by atoms with Crippen LogP contribution in [0.2, 0.25) is 5.02 Å². The summed E-state index contributed by atoms with van der Waals surface area (Å²) in [5.74, 6) is 0.0462. The number of amides is 2. The Morgan fingerprint density at radius 3 is 2.52 bits per heavy atom. The lowest BCUT2D eigenvalue weighted by atomic mass is 10.1. The number of alkyl halides is 1. The van der Waals surface area contributed by atoms with Crippen molar-refractivity contribution in [2.75, 3.05) is 27.4 Å². The lowest BCUT2D eigenvalue weighted by Crippen LogP contribution is -2.46. The van der Waals surface area contributed by atoms with Gasteiger partial charge in [-0.05, 0) is 48.7 Å². The second-order valence-electron chi connectivity index (χ2n) is 7.09. The SMILES string of the molecule is COc1ccc(CNC(=O)C(CCCN=C(N)CF)NC(=O)c2cc(Cl)ccc2OC)cc1. The Labute approximate surface area is 197 Å². The molecular weight excluding hydrogens is 451 g/mol. The molecule has 0 fully saturated rings. The maximum Gasteiger partial charge on any atom is 0.255 e. The average molecular weight is 479 g/mol. The van der Waals surface area contributed by atoms with Crippen molar-refractivity contribution in [3.63, 3.8) is 0 Å². The third-order valence-electron chi connectivity index (χ3n) is 4.76. The van der Waals surface area contributed by atoms with E-state index in [0.29, 0.717) is 22.9 Å². The van der Waals surface area contributed by atoms with E-state index in [2.05, 4.69) is 15.6 Å². The highest BCUT2D eigenvalue weighted by atomic mass is 35.5. The molecule has 1 unspecified atom stereocenters. The molecule has 0 spiro atoms. The van der Waals surface area contributed by atoms with Crippen molar-refractivity contribution in [3.05, 3.63) is 58.6 Å². The summed E-state index contributed by atoms with van der Waals surface area (Å²) in [5, 5.41) is 5.91. The highest BCUT2D eigenvalue weighted by Crippen LogP contribution is 2.22. The third kappa shape index (κ3) is 8.27. The van der Waals surface area contributed by atoms with Crippen molar-refractivity contribution in [2.45, 2.75) is 25.4 Å². The minimum Gasteiger partial charge on any atom is -0.497 e. The van der Waals surface area contributed by atoms with Crippen LogP contribution in [0, 0.1) is 0 Å². The van der Waals surface area contributed by atoms with Crippen molar-refractivity contribution in [3.8, 4) is 11.5 Å². The summed E-state index contributed by atoms with van der Waals surface area (Å²) < 4.78 is 22.8. The second kappa shape index (κ2) is 13.3. The third-order valence-corrected chi connectivity index (χ3v) is 4.99. The second-order valence-corrected chi connectivity index (χ2v) is 7.52. The van der Waals surface area contributed by atoms with Crippen molar-refractivity contribution >= 4 is 29.3 Å². The first-order valence-corrected chi connectivity index (χ1v) is 10.7. The molecule has 8 nitrogen and oxygen atoms in total. The lowest BCUT2D eigenvalue weighted by molar-refractivity contribution is -0.123. The number of carbonyl (C=O) groups is 2. The maximum absolute atomic E-state index is 12.9. The number of ether oxygens (including phenoxy) is 2. The van der Waals surface area contributed by atoms with Gasteiger partial charge in [-0.1, -0.05) is 23.7 Å². The first-order chi connectivity index (χ1) is 15.9. The summed E-state index contributed by atoms with van der Waals surface area (Å²) in [5.41, 5.74) is 6.45. The highest BCUT2D eigenvalue weighted by molar-refractivity contribution is 6.31. The van der Waals surface area contributed by atoms with E-state index in [1.54, 1.807) is 31.4 Å². The summed E-state index contributed by atoms with van der Waals surface area (Å²) in [7, 11) is 3.01. The average Bonchev–Trinajstić information content (AvgIpc) is 2.84. The number of nitrogens with one attached hydrogen (secondary N) is 2. The van der Waals surface area contributed by atoms with Crippen molar-refractivity contribution in [1.82, 2.24) is 10.6 Å². The number of amidine groups is 1. The number of methoxy groups -OCH3 is 2. The van der Waals surface area contributed by atoms with Crippen LogP contribution in [0.25, 0.3) is 0 Å². The van der Waals surface area contributed by atoms with Gasteiger partial charge in [0.25, 0.3) is 5.91 Å². The predicted octanol–water partition coefficient (Wildman–Crippen LogP) is 2.88. The number of hydrogen-bond donors (Lipinski definition) is 3. The molecule has 0 saturated heterocycles. The summed E-state index contributed by atoms with van der Waals surface area (Å²) in [4.78, 5) is 29.7. The summed E-state index contributed by atoms with van der Waals surface area (Å²) in [6, 6.07) is 11.0. The van der Waals surface area contributed by atoms with Crippen LogP contribution in [-0.2, 0) is 11.3 Å². The van der Waals surface area contributed by atoms with Gasteiger partial charge in [0.15, 0.2) is 0 Å². The molecule has 4 N–H and O–H groups in total. The predicted molar refractivity (Wildman–Crippen MR) is 126 cm³/mol. The number of rotatable bonds is 12. The molecule has 1 atom stereocenters. The van der Waals surface area contributed by atoms with E-state index in [1.807, 2.05) is 12.1 Å².